The number of carbonyl (C=O) groups is 5. The zero-order valence-electron chi connectivity index (χ0n) is 24.1. The van der Waals surface area contributed by atoms with Gasteiger partial charge >= 0.3 is 18.1 Å². The molecule has 3 aliphatic heterocycles. The first kappa shape index (κ1) is 33.6. The highest BCUT2D eigenvalue weighted by atomic mass is 19.4. The van der Waals surface area contributed by atoms with Crippen LogP contribution in [0.4, 0.5) is 26.3 Å². The quantitative estimate of drug-likeness (QED) is 0.181. The maximum absolute atomic E-state index is 15.2. The molecule has 0 unspecified atom stereocenters. The van der Waals surface area contributed by atoms with Gasteiger partial charge in [-0.2, -0.15) is 17.6 Å². The van der Waals surface area contributed by atoms with Gasteiger partial charge in [-0.15, -0.1) is 0 Å². The zero-order valence-corrected chi connectivity index (χ0v) is 24.1. The zero-order chi connectivity index (χ0) is 32.4. The molecule has 5 rings (SSSR count). The van der Waals surface area contributed by atoms with E-state index in [9.17, 15) is 41.5 Å². The van der Waals surface area contributed by atoms with E-state index in [1.807, 2.05) is 0 Å². The van der Waals surface area contributed by atoms with Crippen molar-refractivity contribution in [1.82, 2.24) is 20.9 Å². The number of halogens is 6. The number of esters is 1. The fourth-order valence-electron chi connectivity index (χ4n) is 6.59. The van der Waals surface area contributed by atoms with Crippen molar-refractivity contribution in [2.24, 2.45) is 17.8 Å². The summed E-state index contributed by atoms with van der Waals surface area (Å²) < 4.78 is 89.1. The van der Waals surface area contributed by atoms with E-state index in [0.29, 0.717) is 31.9 Å². The van der Waals surface area contributed by atoms with Crippen LogP contribution in [0.1, 0.15) is 64.7 Å². The lowest BCUT2D eigenvalue weighted by atomic mass is 9.71. The molecule has 2 bridgehead atoms. The van der Waals surface area contributed by atoms with E-state index in [1.165, 1.54) is 6.92 Å². The Morgan fingerprint density at radius 1 is 1.09 bits per heavy atom. The fraction of sp³-hybridized carbons (Fsp3) is 0.750. The standard InChI is InChI=1S/C28H36F6N4O6/c1-2-44-25(42)19(29)12-16(11-15-8-9-35-22(15)39)36-23(40)21-18-7-6-17(13-27(18,30)31)38(21)24(41)20(10-14-4-3-5-14)37-26(43)28(32,33)34/h12,14-18,20-21H,2-11,13H2,1H3,(H,35,39)(H,36,40)(H,37,43)/b19-12-/t15-,16-,17+,18+,20+,21-/m0/s1. The molecule has 5 fully saturated rings. The van der Waals surface area contributed by atoms with Gasteiger partial charge in [-0.1, -0.05) is 19.3 Å². The topological polar surface area (TPSA) is 134 Å². The van der Waals surface area contributed by atoms with Gasteiger partial charge in [0.25, 0.3) is 5.92 Å². The normalized spacial score (nSPS) is 28.0. The van der Waals surface area contributed by atoms with Gasteiger partial charge in [0.15, 0.2) is 0 Å². The first-order valence-electron chi connectivity index (χ1n) is 14.8. The van der Waals surface area contributed by atoms with E-state index >= 15 is 8.78 Å². The predicted octanol–water partition coefficient (Wildman–Crippen LogP) is 2.67. The van der Waals surface area contributed by atoms with Gasteiger partial charge in [0, 0.05) is 24.9 Å². The van der Waals surface area contributed by atoms with E-state index in [1.54, 1.807) is 5.32 Å². The number of amides is 4. The van der Waals surface area contributed by atoms with Crippen LogP contribution in [0.15, 0.2) is 11.9 Å². The molecule has 3 saturated heterocycles. The minimum atomic E-state index is -5.31. The molecule has 2 aliphatic carbocycles. The predicted molar refractivity (Wildman–Crippen MR) is 140 cm³/mol. The highest BCUT2D eigenvalue weighted by molar-refractivity contribution is 5.94. The van der Waals surface area contributed by atoms with E-state index in [0.717, 1.165) is 11.3 Å². The van der Waals surface area contributed by atoms with E-state index in [2.05, 4.69) is 15.4 Å². The molecule has 10 nitrogen and oxygen atoms in total. The molecule has 5 aliphatic rings. The molecule has 2 saturated carbocycles. The Kier molecular flexibility index (Phi) is 10.2. The maximum Gasteiger partial charge on any atom is 0.471 e. The number of hydrogen-bond donors (Lipinski definition) is 3. The molecule has 0 aromatic carbocycles. The number of alkyl halides is 5. The van der Waals surface area contributed by atoms with Crippen molar-refractivity contribution in [1.29, 1.82) is 0 Å². The summed E-state index contributed by atoms with van der Waals surface area (Å²) in [6.45, 7) is 1.58. The van der Waals surface area contributed by atoms with Gasteiger partial charge in [0.05, 0.1) is 18.6 Å². The van der Waals surface area contributed by atoms with Gasteiger partial charge in [0.2, 0.25) is 23.5 Å². The average molecular weight is 639 g/mol. The minimum absolute atomic E-state index is 0.0577. The third-order valence-corrected chi connectivity index (χ3v) is 8.96. The molecule has 0 aromatic rings. The number of ether oxygens (including phenoxy) is 1. The summed E-state index contributed by atoms with van der Waals surface area (Å²) in [6.07, 6.45) is -3.60. The van der Waals surface area contributed by atoms with Gasteiger partial charge in [-0.3, -0.25) is 19.2 Å². The van der Waals surface area contributed by atoms with Crippen molar-refractivity contribution in [2.45, 2.75) is 101 Å². The first-order valence-corrected chi connectivity index (χ1v) is 14.8. The second kappa shape index (κ2) is 13.3. The molecule has 4 amide bonds. The van der Waals surface area contributed by atoms with Gasteiger partial charge < -0.3 is 25.6 Å². The molecule has 6 atom stereocenters. The maximum atomic E-state index is 15.2. The summed E-state index contributed by atoms with van der Waals surface area (Å²) in [6, 6.07) is -6.15. The molecule has 0 spiro atoms. The average Bonchev–Trinajstić information content (AvgIpc) is 3.31. The molecule has 44 heavy (non-hydrogen) atoms. The van der Waals surface area contributed by atoms with Crippen molar-refractivity contribution in [3.8, 4) is 0 Å². The van der Waals surface area contributed by atoms with Crippen molar-refractivity contribution < 1.29 is 55.1 Å². The lowest BCUT2D eigenvalue weighted by Gasteiger charge is -2.54. The largest absolute Gasteiger partial charge is 0.471 e. The van der Waals surface area contributed by atoms with E-state index < -0.39 is 89.9 Å². The SMILES string of the molecule is CCOC(=O)/C(F)=C/[C@H](C[C@@H]1CCNC1=O)NC(=O)[C@@H]1[C@H]2CC[C@H](CC2(F)F)N1C(=O)[C@@H](CC1CCC1)NC(=O)C(F)(F)F. The van der Waals surface area contributed by atoms with Crippen LogP contribution in [0.2, 0.25) is 0 Å². The first-order chi connectivity index (χ1) is 20.6. The lowest BCUT2D eigenvalue weighted by molar-refractivity contribution is -0.196. The molecule has 246 valence electrons. The van der Waals surface area contributed by atoms with Crippen LogP contribution in [-0.4, -0.2) is 83.9 Å². The molecule has 3 N–H and O–H groups in total. The summed E-state index contributed by atoms with van der Waals surface area (Å²) in [5.41, 5.74) is 0. The highest BCUT2D eigenvalue weighted by Gasteiger charge is 2.61. The van der Waals surface area contributed by atoms with Crippen molar-refractivity contribution in [3.63, 3.8) is 0 Å². The number of nitrogens with one attached hydrogen (secondary N) is 3. The lowest BCUT2D eigenvalue weighted by Crippen LogP contribution is -2.71. The highest BCUT2D eigenvalue weighted by Crippen LogP contribution is 2.49. The van der Waals surface area contributed by atoms with Crippen LogP contribution < -0.4 is 16.0 Å². The Morgan fingerprint density at radius 2 is 1.80 bits per heavy atom. The molecule has 3 heterocycles. The van der Waals surface area contributed by atoms with Crippen LogP contribution in [-0.2, 0) is 28.7 Å². The summed E-state index contributed by atoms with van der Waals surface area (Å²) in [7, 11) is 0. The summed E-state index contributed by atoms with van der Waals surface area (Å²) in [5, 5.41) is 6.69. The number of nitrogens with zero attached hydrogens (tertiary/aromatic N) is 1. The van der Waals surface area contributed by atoms with Gasteiger partial charge in [-0.05, 0) is 51.0 Å². The Bertz CT molecular complexity index is 1180. The van der Waals surface area contributed by atoms with Gasteiger partial charge in [0.1, 0.15) is 12.1 Å². The van der Waals surface area contributed by atoms with Gasteiger partial charge in [-0.25, -0.2) is 13.6 Å². The van der Waals surface area contributed by atoms with Crippen molar-refractivity contribution in [3.05, 3.63) is 11.9 Å². The van der Waals surface area contributed by atoms with Crippen LogP contribution in [0, 0.1) is 17.8 Å². The number of fused-ring (bicyclic) bond motifs is 3. The Labute approximate surface area is 249 Å². The van der Waals surface area contributed by atoms with Crippen LogP contribution in [0.5, 0.6) is 0 Å². The third kappa shape index (κ3) is 7.48. The Hall–Kier alpha value is -3.33. The van der Waals surface area contributed by atoms with E-state index in [-0.39, 0.29) is 38.2 Å². The molecule has 16 heteroatoms. The molecule has 0 aromatic heterocycles. The third-order valence-electron chi connectivity index (χ3n) is 8.96. The number of carbonyl (C=O) groups excluding carboxylic acids is 5. The number of rotatable bonds is 11. The Balaban J connectivity index is 1.64. The van der Waals surface area contributed by atoms with Crippen molar-refractivity contribution >= 4 is 29.6 Å². The fourth-order valence-corrected chi connectivity index (χ4v) is 6.59. The monoisotopic (exact) mass is 638 g/mol. The Morgan fingerprint density at radius 3 is 2.34 bits per heavy atom. The van der Waals surface area contributed by atoms with Crippen LogP contribution in [0.25, 0.3) is 0 Å². The second-order valence-electron chi connectivity index (χ2n) is 11.9. The smallest absolute Gasteiger partial charge is 0.461 e. The number of hydrogen-bond acceptors (Lipinski definition) is 6. The minimum Gasteiger partial charge on any atom is -0.461 e. The molecular weight excluding hydrogens is 602 g/mol. The van der Waals surface area contributed by atoms with Crippen LogP contribution in [0.3, 0.4) is 0 Å². The molecule has 0 radical (unpaired) electrons. The van der Waals surface area contributed by atoms with Crippen LogP contribution >= 0.6 is 0 Å². The summed E-state index contributed by atoms with van der Waals surface area (Å²) in [5.74, 6) is -13.7. The summed E-state index contributed by atoms with van der Waals surface area (Å²) in [4.78, 5) is 64.4. The second-order valence-corrected chi connectivity index (χ2v) is 11.9. The van der Waals surface area contributed by atoms with Crippen molar-refractivity contribution in [2.75, 3.05) is 13.2 Å². The summed E-state index contributed by atoms with van der Waals surface area (Å²) >= 11 is 0. The van der Waals surface area contributed by atoms with E-state index in [4.69, 9.17) is 0 Å². The molecular formula is C28H36F6N4O6. The number of piperidine rings is 2.